The minimum Gasteiger partial charge on any atom is -0.444 e. The number of halogens is 1. The van der Waals surface area contributed by atoms with Crippen LogP contribution >= 0.6 is 0 Å². The van der Waals surface area contributed by atoms with Crippen LogP contribution in [0.2, 0.25) is 0 Å². The van der Waals surface area contributed by atoms with Crippen molar-refractivity contribution in [3.8, 4) is 5.69 Å². The maximum Gasteiger partial charge on any atom is 0.407 e. The highest BCUT2D eigenvalue weighted by Crippen LogP contribution is 2.30. The molecule has 1 N–H and O–H groups in total. The van der Waals surface area contributed by atoms with Crippen molar-refractivity contribution in [3.05, 3.63) is 48.7 Å². The Morgan fingerprint density at radius 2 is 2.07 bits per heavy atom. The Hall–Kier alpha value is -3.16. The Morgan fingerprint density at radius 1 is 1.24 bits per heavy atom. The van der Waals surface area contributed by atoms with E-state index in [1.54, 1.807) is 10.7 Å². The third-order valence-corrected chi connectivity index (χ3v) is 4.80. The van der Waals surface area contributed by atoms with Crippen molar-refractivity contribution in [2.24, 2.45) is 0 Å². The average Bonchev–Trinajstić information content (AvgIpc) is 3.27. The average molecular weight is 397 g/mol. The summed E-state index contributed by atoms with van der Waals surface area (Å²) in [7, 11) is 0. The molecule has 1 amide bonds. The molecule has 1 aliphatic heterocycles. The molecule has 3 aromatic rings. The molecule has 3 heterocycles. The summed E-state index contributed by atoms with van der Waals surface area (Å²) in [6, 6.07) is 8.99. The molecule has 7 nitrogen and oxygen atoms in total. The molecule has 0 bridgehead atoms. The highest BCUT2D eigenvalue weighted by atomic mass is 19.1. The van der Waals surface area contributed by atoms with Crippen LogP contribution in [0.15, 0.2) is 42.7 Å². The van der Waals surface area contributed by atoms with E-state index in [0.29, 0.717) is 12.2 Å². The molecule has 29 heavy (non-hydrogen) atoms. The number of nitrogens with zero attached hydrogens (tertiary/aromatic N) is 4. The van der Waals surface area contributed by atoms with E-state index in [4.69, 9.17) is 4.74 Å². The summed E-state index contributed by atoms with van der Waals surface area (Å²) >= 11 is 0. The molecule has 1 aromatic carbocycles. The molecule has 152 valence electrons. The Kier molecular flexibility index (Phi) is 4.86. The van der Waals surface area contributed by atoms with E-state index in [0.717, 1.165) is 29.6 Å². The second kappa shape index (κ2) is 7.35. The first kappa shape index (κ1) is 19.2. The van der Waals surface area contributed by atoms with Gasteiger partial charge in [-0.3, -0.25) is 0 Å². The molecule has 0 saturated carbocycles. The number of hydrogen-bond acceptors (Lipinski definition) is 5. The second-order valence-corrected chi connectivity index (χ2v) is 8.18. The van der Waals surface area contributed by atoms with Crippen LogP contribution in [-0.2, 0) is 4.74 Å². The second-order valence-electron chi connectivity index (χ2n) is 8.18. The Balaban J connectivity index is 1.53. The molecule has 0 radical (unpaired) electrons. The number of alkyl carbamates (subject to hydrolysis) is 1. The molecule has 1 fully saturated rings. The van der Waals surface area contributed by atoms with Crippen LogP contribution in [-0.4, -0.2) is 45.6 Å². The van der Waals surface area contributed by atoms with Gasteiger partial charge in [-0.05, 0) is 51.5 Å². The van der Waals surface area contributed by atoms with Crippen molar-refractivity contribution in [2.75, 3.05) is 18.0 Å². The van der Waals surface area contributed by atoms with Crippen LogP contribution in [0, 0.1) is 5.95 Å². The van der Waals surface area contributed by atoms with Crippen LogP contribution in [0.4, 0.5) is 14.9 Å². The number of fused-ring (bicyclic) bond motifs is 1. The fourth-order valence-corrected chi connectivity index (χ4v) is 3.58. The van der Waals surface area contributed by atoms with Gasteiger partial charge in [0.25, 0.3) is 0 Å². The summed E-state index contributed by atoms with van der Waals surface area (Å²) in [5.41, 5.74) is 2.15. The molecule has 1 saturated heterocycles. The first-order chi connectivity index (χ1) is 13.8. The van der Waals surface area contributed by atoms with E-state index in [1.807, 2.05) is 45.2 Å². The van der Waals surface area contributed by atoms with Gasteiger partial charge in [-0.1, -0.05) is 6.07 Å². The van der Waals surface area contributed by atoms with Gasteiger partial charge in [-0.15, -0.1) is 0 Å². The number of amides is 1. The van der Waals surface area contributed by atoms with Crippen LogP contribution in [0.1, 0.15) is 27.2 Å². The molecule has 8 heteroatoms. The van der Waals surface area contributed by atoms with E-state index in [2.05, 4.69) is 20.3 Å². The van der Waals surface area contributed by atoms with Gasteiger partial charge >= 0.3 is 6.09 Å². The lowest BCUT2D eigenvalue weighted by Crippen LogP contribution is -2.40. The quantitative estimate of drug-likeness (QED) is 0.683. The highest BCUT2D eigenvalue weighted by molar-refractivity contribution is 5.93. The van der Waals surface area contributed by atoms with E-state index in [9.17, 15) is 9.18 Å². The minimum atomic E-state index is -0.522. The number of hydrogen-bond donors (Lipinski definition) is 1. The van der Waals surface area contributed by atoms with E-state index < -0.39 is 11.5 Å². The van der Waals surface area contributed by atoms with Crippen molar-refractivity contribution >= 4 is 22.7 Å². The smallest absolute Gasteiger partial charge is 0.407 e. The standard InChI is InChI=1S/C21H24FN5O2/c1-21(2,3)29-20(28)25-14-9-10-26(13-14)17-5-4-6-18-16(17)12-24-27(18)15-7-8-19(22)23-11-15/h4-8,11-12,14H,9-10,13H2,1-3H3,(H,25,28)/t14-/m0/s1. The van der Waals surface area contributed by atoms with Gasteiger partial charge in [0.15, 0.2) is 0 Å². The van der Waals surface area contributed by atoms with E-state index >= 15 is 0 Å². The number of pyridine rings is 1. The zero-order valence-corrected chi connectivity index (χ0v) is 16.7. The summed E-state index contributed by atoms with van der Waals surface area (Å²) in [5, 5.41) is 8.42. The first-order valence-electron chi connectivity index (χ1n) is 9.63. The van der Waals surface area contributed by atoms with Gasteiger partial charge in [0.2, 0.25) is 5.95 Å². The van der Waals surface area contributed by atoms with E-state index in [1.165, 1.54) is 12.3 Å². The number of benzene rings is 1. The molecule has 1 atom stereocenters. The number of aromatic nitrogens is 3. The van der Waals surface area contributed by atoms with Gasteiger partial charge in [-0.2, -0.15) is 9.49 Å². The third kappa shape index (κ3) is 4.16. The molecule has 2 aromatic heterocycles. The topological polar surface area (TPSA) is 72.3 Å². The fraction of sp³-hybridized carbons (Fsp3) is 0.381. The van der Waals surface area contributed by atoms with Gasteiger partial charge in [0, 0.05) is 24.2 Å². The Bertz CT molecular complexity index is 1030. The lowest BCUT2D eigenvalue weighted by atomic mass is 10.2. The molecular weight excluding hydrogens is 373 g/mol. The van der Waals surface area contributed by atoms with Crippen molar-refractivity contribution < 1.29 is 13.9 Å². The van der Waals surface area contributed by atoms with Gasteiger partial charge in [0.1, 0.15) is 5.60 Å². The molecule has 0 unspecified atom stereocenters. The Morgan fingerprint density at radius 3 is 2.79 bits per heavy atom. The summed E-state index contributed by atoms with van der Waals surface area (Å²) in [5.74, 6) is -0.522. The number of rotatable bonds is 3. The van der Waals surface area contributed by atoms with Crippen molar-refractivity contribution in [1.29, 1.82) is 0 Å². The maximum absolute atomic E-state index is 13.1. The number of anilines is 1. The monoisotopic (exact) mass is 397 g/mol. The third-order valence-electron chi connectivity index (χ3n) is 4.80. The lowest BCUT2D eigenvalue weighted by Gasteiger charge is -2.22. The van der Waals surface area contributed by atoms with Gasteiger partial charge in [0.05, 0.1) is 29.6 Å². The number of nitrogens with one attached hydrogen (secondary N) is 1. The summed E-state index contributed by atoms with van der Waals surface area (Å²) in [6.07, 6.45) is 3.72. The van der Waals surface area contributed by atoms with Crippen LogP contribution in [0.3, 0.4) is 0 Å². The summed E-state index contributed by atoms with van der Waals surface area (Å²) in [4.78, 5) is 18.0. The van der Waals surface area contributed by atoms with Crippen molar-refractivity contribution in [1.82, 2.24) is 20.1 Å². The molecule has 4 rings (SSSR count). The van der Waals surface area contributed by atoms with Crippen LogP contribution in [0.25, 0.3) is 16.6 Å². The highest BCUT2D eigenvalue weighted by Gasteiger charge is 2.27. The number of ether oxygens (including phenoxy) is 1. The molecular formula is C21H24FN5O2. The maximum atomic E-state index is 13.1. The predicted octanol–water partition coefficient (Wildman–Crippen LogP) is 3.66. The largest absolute Gasteiger partial charge is 0.444 e. The number of carbonyl (C=O) groups is 1. The number of carbonyl (C=O) groups excluding carboxylic acids is 1. The van der Waals surface area contributed by atoms with Crippen molar-refractivity contribution in [3.63, 3.8) is 0 Å². The summed E-state index contributed by atoms with van der Waals surface area (Å²) < 4.78 is 20.2. The Labute approximate surface area is 168 Å². The normalized spacial score (nSPS) is 17.0. The zero-order valence-electron chi connectivity index (χ0n) is 16.7. The first-order valence-corrected chi connectivity index (χ1v) is 9.63. The molecule has 1 aliphatic rings. The van der Waals surface area contributed by atoms with Gasteiger partial charge in [-0.25, -0.2) is 14.5 Å². The SMILES string of the molecule is CC(C)(C)OC(=O)N[C@H]1CCN(c2cccc3c2cnn3-c2ccc(F)nc2)C1. The minimum absolute atomic E-state index is 0.0245. The predicted molar refractivity (Wildman–Crippen MR) is 109 cm³/mol. The van der Waals surface area contributed by atoms with Crippen LogP contribution < -0.4 is 10.2 Å². The van der Waals surface area contributed by atoms with Crippen LogP contribution in [0.5, 0.6) is 0 Å². The summed E-state index contributed by atoms with van der Waals surface area (Å²) in [6.45, 7) is 7.07. The van der Waals surface area contributed by atoms with Crippen molar-refractivity contribution in [2.45, 2.75) is 38.8 Å². The zero-order chi connectivity index (χ0) is 20.6. The fourth-order valence-electron chi connectivity index (χ4n) is 3.58. The molecule has 0 aliphatic carbocycles. The lowest BCUT2D eigenvalue weighted by molar-refractivity contribution is 0.0509. The van der Waals surface area contributed by atoms with Gasteiger partial charge < -0.3 is 15.0 Å². The molecule has 0 spiro atoms. The van der Waals surface area contributed by atoms with E-state index in [-0.39, 0.29) is 12.1 Å².